The van der Waals surface area contributed by atoms with Crippen LogP contribution >= 0.6 is 0 Å². The molecule has 0 aromatic heterocycles. The van der Waals surface area contributed by atoms with Gasteiger partial charge in [0.1, 0.15) is 11.3 Å². The van der Waals surface area contributed by atoms with Crippen LogP contribution in [0.25, 0.3) is 0 Å². The molecular formula is C14H19NO3. The molecule has 0 unspecified atom stereocenters. The Hall–Kier alpha value is -1.97. The van der Waals surface area contributed by atoms with Gasteiger partial charge in [-0.15, -0.1) is 0 Å². The lowest BCUT2D eigenvalue weighted by Crippen LogP contribution is -2.17. The third kappa shape index (κ3) is 3.03. The first-order valence-electron chi connectivity index (χ1n) is 5.64. The van der Waals surface area contributed by atoms with Crippen LogP contribution in [0, 0.1) is 5.41 Å². The van der Waals surface area contributed by atoms with Crippen LogP contribution in [0.1, 0.15) is 31.1 Å². The molecule has 4 nitrogen and oxygen atoms in total. The Balaban J connectivity index is 3.17. The molecule has 0 radical (unpaired) electrons. The van der Waals surface area contributed by atoms with Crippen LogP contribution in [0.15, 0.2) is 30.5 Å². The van der Waals surface area contributed by atoms with Crippen molar-refractivity contribution in [3.63, 3.8) is 0 Å². The molecule has 1 rings (SSSR count). The number of carboxylic acids is 1. The Morgan fingerprint density at radius 1 is 1.39 bits per heavy atom. The Morgan fingerprint density at radius 3 is 2.44 bits per heavy atom. The lowest BCUT2D eigenvalue weighted by molar-refractivity contribution is 0.0694. The number of rotatable bonds is 4. The van der Waals surface area contributed by atoms with Crippen molar-refractivity contribution in [1.29, 1.82) is 0 Å². The van der Waals surface area contributed by atoms with Gasteiger partial charge in [0.05, 0.1) is 12.8 Å². The molecule has 1 aromatic rings. The van der Waals surface area contributed by atoms with Crippen molar-refractivity contribution >= 4 is 11.7 Å². The standard InChI is InChI=1S/C14H19NO3/c1-9(14(2,3)4)15-10-7-6-8-11(18-5)12(10)13(16)17/h6-8,15H,1H2,2-5H3,(H,16,17). The largest absolute Gasteiger partial charge is 0.496 e. The highest BCUT2D eigenvalue weighted by atomic mass is 16.5. The van der Waals surface area contributed by atoms with Crippen molar-refractivity contribution in [2.24, 2.45) is 5.41 Å². The Bertz CT molecular complexity index is 472. The highest BCUT2D eigenvalue weighted by Gasteiger charge is 2.20. The zero-order chi connectivity index (χ0) is 13.9. The fraction of sp³-hybridized carbons (Fsp3) is 0.357. The highest BCUT2D eigenvalue weighted by Crippen LogP contribution is 2.31. The maximum atomic E-state index is 11.3. The van der Waals surface area contributed by atoms with E-state index in [1.54, 1.807) is 18.2 Å². The Kier molecular flexibility index (Phi) is 4.01. The van der Waals surface area contributed by atoms with Gasteiger partial charge in [0.2, 0.25) is 0 Å². The molecule has 2 N–H and O–H groups in total. The van der Waals surface area contributed by atoms with Crippen LogP contribution in [0.5, 0.6) is 5.75 Å². The smallest absolute Gasteiger partial charge is 0.341 e. The molecule has 0 saturated heterocycles. The topological polar surface area (TPSA) is 58.6 Å². The van der Waals surface area contributed by atoms with Gasteiger partial charge in [-0.25, -0.2) is 4.79 Å². The molecule has 0 fully saturated rings. The van der Waals surface area contributed by atoms with E-state index >= 15 is 0 Å². The molecule has 0 aliphatic rings. The highest BCUT2D eigenvalue weighted by molar-refractivity contribution is 5.97. The summed E-state index contributed by atoms with van der Waals surface area (Å²) < 4.78 is 5.06. The third-order valence-corrected chi connectivity index (χ3v) is 2.65. The summed E-state index contributed by atoms with van der Waals surface area (Å²) in [5, 5.41) is 12.3. The summed E-state index contributed by atoms with van der Waals surface area (Å²) in [5.74, 6) is -0.703. The molecule has 0 aliphatic carbocycles. The van der Waals surface area contributed by atoms with E-state index in [-0.39, 0.29) is 11.0 Å². The predicted molar refractivity (Wildman–Crippen MR) is 72.2 cm³/mol. The average molecular weight is 249 g/mol. The average Bonchev–Trinajstić information content (AvgIpc) is 2.26. The van der Waals surface area contributed by atoms with E-state index in [0.29, 0.717) is 11.4 Å². The summed E-state index contributed by atoms with van der Waals surface area (Å²) in [4.78, 5) is 11.3. The first-order valence-corrected chi connectivity index (χ1v) is 5.64. The maximum absolute atomic E-state index is 11.3. The molecule has 18 heavy (non-hydrogen) atoms. The van der Waals surface area contributed by atoms with Crippen LogP contribution in [0.2, 0.25) is 0 Å². The second-order valence-corrected chi connectivity index (χ2v) is 5.04. The van der Waals surface area contributed by atoms with Gasteiger partial charge in [0, 0.05) is 11.1 Å². The quantitative estimate of drug-likeness (QED) is 0.859. The fourth-order valence-corrected chi connectivity index (χ4v) is 1.38. The number of hydrogen-bond acceptors (Lipinski definition) is 3. The van der Waals surface area contributed by atoms with E-state index in [4.69, 9.17) is 4.74 Å². The molecule has 0 atom stereocenters. The maximum Gasteiger partial charge on any atom is 0.341 e. The van der Waals surface area contributed by atoms with Crippen LogP contribution < -0.4 is 10.1 Å². The monoisotopic (exact) mass is 249 g/mol. The van der Waals surface area contributed by atoms with E-state index in [1.165, 1.54) is 7.11 Å². The van der Waals surface area contributed by atoms with Crippen molar-refractivity contribution in [2.45, 2.75) is 20.8 Å². The van der Waals surface area contributed by atoms with Gasteiger partial charge >= 0.3 is 5.97 Å². The van der Waals surface area contributed by atoms with Crippen molar-refractivity contribution in [3.8, 4) is 5.75 Å². The third-order valence-electron chi connectivity index (χ3n) is 2.65. The molecule has 0 amide bonds. The fourth-order valence-electron chi connectivity index (χ4n) is 1.38. The van der Waals surface area contributed by atoms with Crippen LogP contribution in [0.3, 0.4) is 0 Å². The first-order chi connectivity index (χ1) is 8.27. The second-order valence-electron chi connectivity index (χ2n) is 5.04. The van der Waals surface area contributed by atoms with Crippen LogP contribution in [0.4, 0.5) is 5.69 Å². The van der Waals surface area contributed by atoms with E-state index in [0.717, 1.165) is 5.70 Å². The number of allylic oxidation sites excluding steroid dienone is 1. The van der Waals surface area contributed by atoms with E-state index in [2.05, 4.69) is 11.9 Å². The number of aromatic carboxylic acids is 1. The number of anilines is 1. The van der Waals surface area contributed by atoms with Gasteiger partial charge in [-0.1, -0.05) is 33.4 Å². The predicted octanol–water partition coefficient (Wildman–Crippen LogP) is 3.37. The molecule has 0 aliphatic heterocycles. The number of carbonyl (C=O) groups is 1. The normalized spacial score (nSPS) is 10.9. The SMILES string of the molecule is C=C(Nc1cccc(OC)c1C(=O)O)C(C)(C)C. The molecular weight excluding hydrogens is 230 g/mol. The summed E-state index contributed by atoms with van der Waals surface area (Å²) in [5.41, 5.74) is 1.20. The van der Waals surface area contributed by atoms with Gasteiger partial charge in [0.25, 0.3) is 0 Å². The Labute approximate surface area is 107 Å². The zero-order valence-electron chi connectivity index (χ0n) is 11.2. The molecule has 0 bridgehead atoms. The number of nitrogens with one attached hydrogen (secondary N) is 1. The molecule has 0 spiro atoms. The summed E-state index contributed by atoms with van der Waals surface area (Å²) in [6.45, 7) is 9.94. The lowest BCUT2D eigenvalue weighted by atomic mass is 9.92. The van der Waals surface area contributed by atoms with Gasteiger partial charge < -0.3 is 15.2 Å². The lowest BCUT2D eigenvalue weighted by Gasteiger charge is -2.24. The number of methoxy groups -OCH3 is 1. The van der Waals surface area contributed by atoms with E-state index in [9.17, 15) is 9.90 Å². The van der Waals surface area contributed by atoms with Crippen LogP contribution in [-0.2, 0) is 0 Å². The number of hydrogen-bond donors (Lipinski definition) is 2. The van der Waals surface area contributed by atoms with Crippen molar-refractivity contribution in [1.82, 2.24) is 0 Å². The second kappa shape index (κ2) is 5.12. The van der Waals surface area contributed by atoms with E-state index < -0.39 is 5.97 Å². The zero-order valence-corrected chi connectivity index (χ0v) is 11.2. The van der Waals surface area contributed by atoms with E-state index in [1.807, 2.05) is 20.8 Å². The van der Waals surface area contributed by atoms with Crippen molar-refractivity contribution in [2.75, 3.05) is 12.4 Å². The van der Waals surface area contributed by atoms with Gasteiger partial charge in [-0.05, 0) is 12.1 Å². The molecule has 0 saturated carbocycles. The summed E-state index contributed by atoms with van der Waals surface area (Å²) in [7, 11) is 1.45. The molecule has 98 valence electrons. The summed E-state index contributed by atoms with van der Waals surface area (Å²) >= 11 is 0. The molecule has 1 aromatic carbocycles. The van der Waals surface area contributed by atoms with Crippen molar-refractivity contribution < 1.29 is 14.6 Å². The number of ether oxygens (including phenoxy) is 1. The Morgan fingerprint density at radius 2 is 2.00 bits per heavy atom. The molecule has 0 heterocycles. The minimum Gasteiger partial charge on any atom is -0.496 e. The minimum atomic E-state index is -1.03. The minimum absolute atomic E-state index is 0.116. The van der Waals surface area contributed by atoms with Gasteiger partial charge in [-0.3, -0.25) is 0 Å². The number of carboxylic acid groups (broad SMARTS) is 1. The molecule has 4 heteroatoms. The van der Waals surface area contributed by atoms with Crippen molar-refractivity contribution in [3.05, 3.63) is 36.0 Å². The van der Waals surface area contributed by atoms with Gasteiger partial charge in [-0.2, -0.15) is 0 Å². The van der Waals surface area contributed by atoms with Gasteiger partial charge in [0.15, 0.2) is 0 Å². The summed E-state index contributed by atoms with van der Waals surface area (Å²) in [6.07, 6.45) is 0. The van der Waals surface area contributed by atoms with Crippen LogP contribution in [-0.4, -0.2) is 18.2 Å². The number of benzene rings is 1. The summed E-state index contributed by atoms with van der Waals surface area (Å²) in [6, 6.07) is 5.06. The first kappa shape index (κ1) is 14.1.